The second-order valence-electron chi connectivity index (χ2n) is 4.70. The first-order valence-corrected chi connectivity index (χ1v) is 6.38. The highest BCUT2D eigenvalue weighted by atomic mass is 15.3. The molecule has 0 aliphatic heterocycles. The SMILES string of the molecule is CC(C)n1cc(CNCCc2ccncc2)cn1. The minimum atomic E-state index is 0.426. The molecule has 0 bridgehead atoms. The maximum Gasteiger partial charge on any atom is 0.0534 e. The van der Waals surface area contributed by atoms with Gasteiger partial charge in [-0.3, -0.25) is 9.67 Å². The van der Waals surface area contributed by atoms with Crippen molar-refractivity contribution in [3.63, 3.8) is 0 Å². The Hall–Kier alpha value is -1.68. The fourth-order valence-corrected chi connectivity index (χ4v) is 1.77. The zero-order chi connectivity index (χ0) is 12.8. The summed E-state index contributed by atoms with van der Waals surface area (Å²) in [6.07, 6.45) is 8.73. The van der Waals surface area contributed by atoms with Gasteiger partial charge in [-0.1, -0.05) is 0 Å². The molecule has 2 aromatic rings. The molecule has 4 nitrogen and oxygen atoms in total. The lowest BCUT2D eigenvalue weighted by Crippen LogP contribution is -2.16. The number of nitrogens with zero attached hydrogens (tertiary/aromatic N) is 3. The summed E-state index contributed by atoms with van der Waals surface area (Å²) in [4.78, 5) is 4.01. The van der Waals surface area contributed by atoms with E-state index in [4.69, 9.17) is 0 Å². The standard InChI is InChI=1S/C14H20N4/c1-12(2)18-11-14(10-17-18)9-16-8-5-13-3-6-15-7-4-13/h3-4,6-7,10-12,16H,5,8-9H2,1-2H3. The highest BCUT2D eigenvalue weighted by Gasteiger charge is 2.01. The van der Waals surface area contributed by atoms with Crippen LogP contribution >= 0.6 is 0 Å². The number of hydrogen-bond donors (Lipinski definition) is 1. The van der Waals surface area contributed by atoms with Crippen LogP contribution in [0.1, 0.15) is 31.0 Å². The lowest BCUT2D eigenvalue weighted by atomic mass is 10.2. The predicted molar refractivity (Wildman–Crippen MR) is 72.3 cm³/mol. The van der Waals surface area contributed by atoms with Gasteiger partial charge in [0.2, 0.25) is 0 Å². The number of rotatable bonds is 6. The molecule has 2 aromatic heterocycles. The van der Waals surface area contributed by atoms with Crippen LogP contribution in [0, 0.1) is 0 Å². The lowest BCUT2D eigenvalue weighted by Gasteiger charge is -2.04. The van der Waals surface area contributed by atoms with E-state index >= 15 is 0 Å². The molecule has 0 saturated carbocycles. The number of nitrogens with one attached hydrogen (secondary N) is 1. The largest absolute Gasteiger partial charge is 0.312 e. The lowest BCUT2D eigenvalue weighted by molar-refractivity contribution is 0.531. The summed E-state index contributed by atoms with van der Waals surface area (Å²) in [5.74, 6) is 0. The molecule has 0 aliphatic rings. The molecule has 0 aromatic carbocycles. The van der Waals surface area contributed by atoms with Crippen molar-refractivity contribution >= 4 is 0 Å². The zero-order valence-corrected chi connectivity index (χ0v) is 11.0. The van der Waals surface area contributed by atoms with E-state index in [-0.39, 0.29) is 0 Å². The fourth-order valence-electron chi connectivity index (χ4n) is 1.77. The van der Waals surface area contributed by atoms with Gasteiger partial charge in [0.05, 0.1) is 6.20 Å². The summed E-state index contributed by atoms with van der Waals surface area (Å²) in [7, 11) is 0. The van der Waals surface area contributed by atoms with Crippen molar-refractivity contribution in [1.82, 2.24) is 20.1 Å². The normalized spacial score (nSPS) is 11.1. The van der Waals surface area contributed by atoms with Gasteiger partial charge < -0.3 is 5.32 Å². The highest BCUT2D eigenvalue weighted by Crippen LogP contribution is 2.05. The molecule has 0 saturated heterocycles. The Balaban J connectivity index is 1.72. The molecule has 0 radical (unpaired) electrons. The van der Waals surface area contributed by atoms with Gasteiger partial charge in [0.15, 0.2) is 0 Å². The van der Waals surface area contributed by atoms with E-state index in [1.54, 1.807) is 0 Å². The molecule has 0 unspecified atom stereocenters. The Morgan fingerprint density at radius 3 is 2.67 bits per heavy atom. The minimum Gasteiger partial charge on any atom is -0.312 e. The van der Waals surface area contributed by atoms with Crippen molar-refractivity contribution in [3.8, 4) is 0 Å². The van der Waals surface area contributed by atoms with Gasteiger partial charge in [0, 0.05) is 36.7 Å². The van der Waals surface area contributed by atoms with Crippen LogP contribution in [0.25, 0.3) is 0 Å². The van der Waals surface area contributed by atoms with E-state index in [0.717, 1.165) is 19.5 Å². The van der Waals surface area contributed by atoms with E-state index in [1.165, 1.54) is 11.1 Å². The van der Waals surface area contributed by atoms with Gasteiger partial charge >= 0.3 is 0 Å². The first-order chi connectivity index (χ1) is 8.75. The topological polar surface area (TPSA) is 42.7 Å². The van der Waals surface area contributed by atoms with Crippen LogP contribution < -0.4 is 5.32 Å². The van der Waals surface area contributed by atoms with Crippen molar-refractivity contribution in [3.05, 3.63) is 48.0 Å². The Morgan fingerprint density at radius 2 is 2.00 bits per heavy atom. The summed E-state index contributed by atoms with van der Waals surface area (Å²) < 4.78 is 1.99. The van der Waals surface area contributed by atoms with Gasteiger partial charge in [-0.05, 0) is 44.5 Å². The number of aromatic nitrogens is 3. The van der Waals surface area contributed by atoms with Crippen molar-refractivity contribution < 1.29 is 0 Å². The molecule has 2 heterocycles. The first-order valence-electron chi connectivity index (χ1n) is 6.38. The summed E-state index contributed by atoms with van der Waals surface area (Å²) in [6.45, 7) is 6.11. The second-order valence-corrected chi connectivity index (χ2v) is 4.70. The maximum atomic E-state index is 4.32. The van der Waals surface area contributed by atoms with Gasteiger partial charge in [0.25, 0.3) is 0 Å². The quantitative estimate of drug-likeness (QED) is 0.792. The molecular formula is C14H20N4. The molecule has 0 amide bonds. The van der Waals surface area contributed by atoms with Crippen LogP contribution in [0.3, 0.4) is 0 Å². The average Bonchev–Trinajstić information content (AvgIpc) is 2.85. The average molecular weight is 244 g/mol. The van der Waals surface area contributed by atoms with Gasteiger partial charge in [-0.15, -0.1) is 0 Å². The van der Waals surface area contributed by atoms with E-state index in [2.05, 4.69) is 47.6 Å². The molecule has 18 heavy (non-hydrogen) atoms. The summed E-state index contributed by atoms with van der Waals surface area (Å²) >= 11 is 0. The van der Waals surface area contributed by atoms with Crippen molar-refractivity contribution in [2.45, 2.75) is 32.9 Å². The molecule has 0 spiro atoms. The van der Waals surface area contributed by atoms with Crippen molar-refractivity contribution in [2.24, 2.45) is 0 Å². The van der Waals surface area contributed by atoms with Gasteiger partial charge in [-0.2, -0.15) is 5.10 Å². The van der Waals surface area contributed by atoms with Crippen molar-refractivity contribution in [1.29, 1.82) is 0 Å². The monoisotopic (exact) mass is 244 g/mol. The van der Waals surface area contributed by atoms with Gasteiger partial charge in [0.1, 0.15) is 0 Å². The van der Waals surface area contributed by atoms with Gasteiger partial charge in [-0.25, -0.2) is 0 Å². The summed E-state index contributed by atoms with van der Waals surface area (Å²) in [5, 5.41) is 7.75. The van der Waals surface area contributed by atoms with E-state index in [1.807, 2.05) is 23.3 Å². The first kappa shape index (κ1) is 12.8. The molecule has 96 valence electrons. The third kappa shape index (κ3) is 3.67. The van der Waals surface area contributed by atoms with E-state index in [0.29, 0.717) is 6.04 Å². The van der Waals surface area contributed by atoms with Crippen molar-refractivity contribution in [2.75, 3.05) is 6.54 Å². The van der Waals surface area contributed by atoms with Crippen LogP contribution in [0.4, 0.5) is 0 Å². The van der Waals surface area contributed by atoms with Crippen LogP contribution in [-0.2, 0) is 13.0 Å². The minimum absolute atomic E-state index is 0.426. The van der Waals surface area contributed by atoms with Crippen LogP contribution in [-0.4, -0.2) is 21.3 Å². The summed E-state index contributed by atoms with van der Waals surface area (Å²) in [5.41, 5.74) is 2.55. The third-order valence-electron chi connectivity index (χ3n) is 2.85. The Bertz CT molecular complexity index is 462. The van der Waals surface area contributed by atoms with Crippen LogP contribution in [0.15, 0.2) is 36.9 Å². The highest BCUT2D eigenvalue weighted by molar-refractivity contribution is 5.10. The number of pyridine rings is 1. The predicted octanol–water partition coefficient (Wildman–Crippen LogP) is 2.19. The maximum absolute atomic E-state index is 4.32. The second kappa shape index (κ2) is 6.31. The molecule has 0 atom stereocenters. The third-order valence-corrected chi connectivity index (χ3v) is 2.85. The molecule has 4 heteroatoms. The Morgan fingerprint density at radius 1 is 1.22 bits per heavy atom. The van der Waals surface area contributed by atoms with E-state index in [9.17, 15) is 0 Å². The zero-order valence-electron chi connectivity index (χ0n) is 11.0. The Kier molecular flexibility index (Phi) is 4.47. The molecule has 0 aliphatic carbocycles. The molecule has 0 fully saturated rings. The molecular weight excluding hydrogens is 224 g/mol. The molecule has 2 rings (SSSR count). The summed E-state index contributed by atoms with van der Waals surface area (Å²) in [6, 6.07) is 4.53. The number of hydrogen-bond acceptors (Lipinski definition) is 3. The Labute approximate surface area is 108 Å². The smallest absolute Gasteiger partial charge is 0.0534 e. The molecule has 1 N–H and O–H groups in total. The van der Waals surface area contributed by atoms with Crippen LogP contribution in [0.5, 0.6) is 0 Å². The van der Waals surface area contributed by atoms with E-state index < -0.39 is 0 Å². The fraction of sp³-hybridized carbons (Fsp3) is 0.429. The van der Waals surface area contributed by atoms with Crippen LogP contribution in [0.2, 0.25) is 0 Å².